The molecule has 2 aromatic rings. The highest BCUT2D eigenvalue weighted by Gasteiger charge is 2.50. The van der Waals surface area contributed by atoms with E-state index in [-0.39, 0.29) is 18.0 Å². The van der Waals surface area contributed by atoms with Gasteiger partial charge in [0.25, 0.3) is 5.91 Å². The zero-order valence-corrected chi connectivity index (χ0v) is 16.6. The number of sulfonamides is 1. The third-order valence-corrected chi connectivity index (χ3v) is 8.93. The van der Waals surface area contributed by atoms with Gasteiger partial charge in [-0.2, -0.15) is 4.31 Å². The average molecular weight is 403 g/mol. The Labute approximate surface area is 163 Å². The summed E-state index contributed by atoms with van der Waals surface area (Å²) in [5.41, 5.74) is 2.45. The van der Waals surface area contributed by atoms with E-state index in [1.54, 1.807) is 16.4 Å². The minimum absolute atomic E-state index is 0.0996. The lowest BCUT2D eigenvalue weighted by atomic mass is 10.1. The van der Waals surface area contributed by atoms with Crippen molar-refractivity contribution >= 4 is 27.3 Å². The fourth-order valence-electron chi connectivity index (χ4n) is 4.90. The van der Waals surface area contributed by atoms with Gasteiger partial charge in [0.1, 0.15) is 0 Å². The van der Waals surface area contributed by atoms with Gasteiger partial charge in [-0.25, -0.2) is 8.42 Å². The molecule has 5 nitrogen and oxygen atoms in total. The molecule has 3 aliphatic rings. The van der Waals surface area contributed by atoms with Gasteiger partial charge >= 0.3 is 0 Å². The summed E-state index contributed by atoms with van der Waals surface area (Å²) in [6, 6.07) is 8.99. The third kappa shape index (κ3) is 2.92. The maximum absolute atomic E-state index is 13.3. The molecule has 2 fully saturated rings. The second-order valence-electron chi connectivity index (χ2n) is 7.82. The highest BCUT2D eigenvalue weighted by atomic mass is 32.2. The van der Waals surface area contributed by atoms with Crippen LogP contribution in [0.4, 0.5) is 0 Å². The number of rotatable bonds is 4. The summed E-state index contributed by atoms with van der Waals surface area (Å²) in [5.74, 6) is 0.227. The summed E-state index contributed by atoms with van der Waals surface area (Å²) in [7, 11) is -3.53. The van der Waals surface area contributed by atoms with Gasteiger partial charge in [0.15, 0.2) is 0 Å². The van der Waals surface area contributed by atoms with Gasteiger partial charge < -0.3 is 5.32 Å². The lowest BCUT2D eigenvalue weighted by molar-refractivity contribution is 0.0921. The van der Waals surface area contributed by atoms with Crippen LogP contribution < -0.4 is 5.32 Å². The molecule has 1 N–H and O–H groups in total. The zero-order valence-electron chi connectivity index (χ0n) is 14.9. The van der Waals surface area contributed by atoms with E-state index < -0.39 is 10.0 Å². The number of piperidine rings is 1. The van der Waals surface area contributed by atoms with Crippen molar-refractivity contribution in [1.82, 2.24) is 9.62 Å². The van der Waals surface area contributed by atoms with E-state index >= 15 is 0 Å². The SMILES string of the molecule is O=C(N[C@H]1C[C@@H]2C[C@H]1N(S(=O)(=O)c1ccc3c(c1)CCC3)C2)c1cccs1. The Balaban J connectivity index is 1.38. The molecular formula is C20H22N2O3S2. The van der Waals surface area contributed by atoms with Gasteiger partial charge in [-0.15, -0.1) is 11.3 Å². The van der Waals surface area contributed by atoms with Crippen LogP contribution in [0.3, 0.4) is 0 Å². The van der Waals surface area contributed by atoms with Crippen LogP contribution in [0, 0.1) is 5.92 Å². The van der Waals surface area contributed by atoms with Crippen LogP contribution in [0.15, 0.2) is 40.6 Å². The molecule has 0 spiro atoms. The lowest BCUT2D eigenvalue weighted by Crippen LogP contribution is -2.51. The predicted molar refractivity (Wildman–Crippen MR) is 104 cm³/mol. The van der Waals surface area contributed by atoms with Crippen LogP contribution in [-0.4, -0.2) is 37.3 Å². The van der Waals surface area contributed by atoms with Crippen molar-refractivity contribution in [1.29, 1.82) is 0 Å². The van der Waals surface area contributed by atoms with Crippen LogP contribution in [-0.2, 0) is 22.9 Å². The molecule has 2 aliphatic carbocycles. The molecule has 27 heavy (non-hydrogen) atoms. The standard InChI is InChI=1S/C20H22N2O3S2/c23-20(19-5-2-8-26-19)21-17-9-13-10-18(17)22(12-13)27(24,25)16-7-6-14-3-1-4-15(14)11-16/h2,5-8,11,13,17-18H,1,3-4,9-10,12H2,(H,21,23)/t13-,17+,18-/m1/s1. The molecule has 1 aromatic heterocycles. The second-order valence-corrected chi connectivity index (χ2v) is 10.7. The number of nitrogens with zero attached hydrogens (tertiary/aromatic N) is 1. The van der Waals surface area contributed by atoms with E-state index in [2.05, 4.69) is 5.32 Å². The Kier molecular flexibility index (Phi) is 4.14. The van der Waals surface area contributed by atoms with Crippen molar-refractivity contribution in [3.63, 3.8) is 0 Å². The third-order valence-electron chi connectivity index (χ3n) is 6.17. The predicted octanol–water partition coefficient (Wildman–Crippen LogP) is 2.82. The molecule has 2 heterocycles. The molecule has 1 amide bonds. The van der Waals surface area contributed by atoms with Crippen molar-refractivity contribution in [3.8, 4) is 0 Å². The fourth-order valence-corrected chi connectivity index (χ4v) is 7.32. The Bertz CT molecular complexity index is 985. The number of aryl methyl sites for hydroxylation is 2. The topological polar surface area (TPSA) is 66.5 Å². The second kappa shape index (κ2) is 6.43. The molecule has 142 valence electrons. The summed E-state index contributed by atoms with van der Waals surface area (Å²) in [4.78, 5) is 13.5. The van der Waals surface area contributed by atoms with Gasteiger partial charge in [-0.3, -0.25) is 4.79 Å². The van der Waals surface area contributed by atoms with Crippen LogP contribution in [0.5, 0.6) is 0 Å². The minimum atomic E-state index is -3.53. The first-order chi connectivity index (χ1) is 13.0. The monoisotopic (exact) mass is 402 g/mol. The summed E-state index contributed by atoms with van der Waals surface area (Å²) in [5, 5.41) is 4.95. The molecule has 1 aliphatic heterocycles. The molecule has 1 aromatic carbocycles. The van der Waals surface area contributed by atoms with E-state index in [0.29, 0.717) is 22.2 Å². The Morgan fingerprint density at radius 2 is 2.00 bits per heavy atom. The van der Waals surface area contributed by atoms with Crippen molar-refractivity contribution in [2.75, 3.05) is 6.54 Å². The largest absolute Gasteiger partial charge is 0.347 e. The maximum atomic E-state index is 13.3. The fraction of sp³-hybridized carbons (Fsp3) is 0.450. The number of fused-ring (bicyclic) bond motifs is 3. The Morgan fingerprint density at radius 3 is 2.78 bits per heavy atom. The van der Waals surface area contributed by atoms with Crippen LogP contribution in [0.2, 0.25) is 0 Å². The number of amides is 1. The number of carbonyl (C=O) groups excluding carboxylic acids is 1. The van der Waals surface area contributed by atoms with Crippen LogP contribution in [0.25, 0.3) is 0 Å². The maximum Gasteiger partial charge on any atom is 0.261 e. The number of nitrogens with one attached hydrogen (secondary N) is 1. The summed E-state index contributed by atoms with van der Waals surface area (Å²) in [6.45, 7) is 0.565. The molecule has 0 unspecified atom stereocenters. The summed E-state index contributed by atoms with van der Waals surface area (Å²) >= 11 is 1.41. The number of benzene rings is 1. The molecule has 1 saturated heterocycles. The van der Waals surface area contributed by atoms with Crippen molar-refractivity contribution < 1.29 is 13.2 Å². The van der Waals surface area contributed by atoms with Crippen molar-refractivity contribution in [2.45, 2.75) is 49.1 Å². The Hall–Kier alpha value is -1.70. The van der Waals surface area contributed by atoms with E-state index in [1.165, 1.54) is 22.5 Å². The number of thiophene rings is 1. The first-order valence-corrected chi connectivity index (χ1v) is 11.8. The first-order valence-electron chi connectivity index (χ1n) is 9.50. The molecule has 2 bridgehead atoms. The molecule has 7 heteroatoms. The van der Waals surface area contributed by atoms with E-state index in [0.717, 1.165) is 32.1 Å². The molecule has 0 radical (unpaired) electrons. The molecule has 1 saturated carbocycles. The van der Waals surface area contributed by atoms with Gasteiger partial charge in [0.05, 0.1) is 9.77 Å². The van der Waals surface area contributed by atoms with Crippen LogP contribution >= 0.6 is 11.3 Å². The number of carbonyl (C=O) groups is 1. The van der Waals surface area contributed by atoms with Gasteiger partial charge in [-0.1, -0.05) is 12.1 Å². The van der Waals surface area contributed by atoms with Crippen molar-refractivity contribution in [3.05, 3.63) is 51.7 Å². The Morgan fingerprint density at radius 1 is 1.15 bits per heavy atom. The first kappa shape index (κ1) is 17.4. The smallest absolute Gasteiger partial charge is 0.261 e. The van der Waals surface area contributed by atoms with Gasteiger partial charge in [-0.05, 0) is 72.7 Å². The minimum Gasteiger partial charge on any atom is -0.347 e. The van der Waals surface area contributed by atoms with Gasteiger partial charge in [0.2, 0.25) is 10.0 Å². The average Bonchev–Trinajstić information content (AvgIpc) is 3.44. The van der Waals surface area contributed by atoms with E-state index in [9.17, 15) is 13.2 Å². The quantitative estimate of drug-likeness (QED) is 0.855. The normalized spacial score (nSPS) is 27.0. The number of hydrogen-bond acceptors (Lipinski definition) is 4. The molecule has 3 atom stereocenters. The number of hydrogen-bond donors (Lipinski definition) is 1. The zero-order chi connectivity index (χ0) is 18.6. The van der Waals surface area contributed by atoms with Crippen LogP contribution in [0.1, 0.15) is 40.1 Å². The van der Waals surface area contributed by atoms with Crippen molar-refractivity contribution in [2.24, 2.45) is 5.92 Å². The molecule has 5 rings (SSSR count). The summed E-state index contributed by atoms with van der Waals surface area (Å²) < 4.78 is 28.2. The summed E-state index contributed by atoms with van der Waals surface area (Å²) in [6.07, 6.45) is 4.80. The van der Waals surface area contributed by atoms with E-state index in [1.807, 2.05) is 23.6 Å². The highest BCUT2D eigenvalue weighted by Crippen LogP contribution is 2.41. The van der Waals surface area contributed by atoms with Gasteiger partial charge in [0, 0.05) is 18.6 Å². The highest BCUT2D eigenvalue weighted by molar-refractivity contribution is 7.89. The molecular weight excluding hydrogens is 380 g/mol. The van der Waals surface area contributed by atoms with E-state index in [4.69, 9.17) is 0 Å². The lowest BCUT2D eigenvalue weighted by Gasteiger charge is -2.32.